The number of thiophene rings is 1. The average Bonchev–Trinajstić information content (AvgIpc) is 3.07. The summed E-state index contributed by atoms with van der Waals surface area (Å²) in [5.41, 5.74) is -0.284. The van der Waals surface area contributed by atoms with Crippen molar-refractivity contribution in [1.29, 1.82) is 0 Å². The molecule has 0 aliphatic heterocycles. The van der Waals surface area contributed by atoms with Crippen molar-refractivity contribution in [3.8, 4) is 0 Å². The van der Waals surface area contributed by atoms with Gasteiger partial charge in [-0.3, -0.25) is 9.59 Å². The first-order valence-corrected chi connectivity index (χ1v) is 8.05. The van der Waals surface area contributed by atoms with Gasteiger partial charge in [-0.2, -0.15) is 0 Å². The Balaban J connectivity index is 2.07. The summed E-state index contributed by atoms with van der Waals surface area (Å²) in [7, 11) is 3.32. The molecule has 0 spiro atoms. The lowest BCUT2D eigenvalue weighted by Gasteiger charge is -2.22. The van der Waals surface area contributed by atoms with E-state index in [9.17, 15) is 14.7 Å². The average molecular weight is 332 g/mol. The molecule has 0 aliphatic rings. The van der Waals surface area contributed by atoms with Crippen molar-refractivity contribution in [1.82, 2.24) is 10.2 Å². The minimum atomic E-state index is -1.12. The van der Waals surface area contributed by atoms with E-state index in [1.807, 2.05) is 17.5 Å². The van der Waals surface area contributed by atoms with Crippen molar-refractivity contribution in [2.75, 3.05) is 20.6 Å². The maximum absolute atomic E-state index is 12.3. The fraction of sp³-hybridized carbons (Fsp3) is 0.294. The van der Waals surface area contributed by atoms with E-state index < -0.39 is 5.60 Å². The summed E-state index contributed by atoms with van der Waals surface area (Å²) in [4.78, 5) is 26.5. The van der Waals surface area contributed by atoms with Crippen molar-refractivity contribution in [2.45, 2.75) is 12.5 Å². The van der Waals surface area contributed by atoms with Crippen molar-refractivity contribution >= 4 is 23.2 Å². The summed E-state index contributed by atoms with van der Waals surface area (Å²) in [6.07, 6.45) is 0. The molecule has 0 fully saturated rings. The van der Waals surface area contributed by atoms with Crippen LogP contribution in [0.1, 0.15) is 32.5 Å². The van der Waals surface area contributed by atoms with Crippen molar-refractivity contribution in [2.24, 2.45) is 0 Å². The van der Waals surface area contributed by atoms with E-state index in [0.29, 0.717) is 11.1 Å². The SMILES string of the molecule is CN(C)C(=O)c1cccc(C(=O)NCC(C)(O)c2cccs2)c1. The van der Waals surface area contributed by atoms with Gasteiger partial charge in [0.1, 0.15) is 5.60 Å². The molecule has 1 aromatic heterocycles. The predicted octanol–water partition coefficient (Wildman–Crippen LogP) is 2.09. The molecule has 1 atom stereocenters. The predicted molar refractivity (Wildman–Crippen MR) is 90.7 cm³/mol. The number of aliphatic hydroxyl groups is 1. The highest BCUT2D eigenvalue weighted by Gasteiger charge is 2.25. The lowest BCUT2D eigenvalue weighted by atomic mass is 10.0. The molecule has 2 amide bonds. The maximum Gasteiger partial charge on any atom is 0.253 e. The molecule has 23 heavy (non-hydrogen) atoms. The molecule has 5 nitrogen and oxygen atoms in total. The molecule has 0 bridgehead atoms. The highest BCUT2D eigenvalue weighted by Crippen LogP contribution is 2.24. The molecule has 2 rings (SSSR count). The second-order valence-corrected chi connectivity index (χ2v) is 6.66. The topological polar surface area (TPSA) is 69.6 Å². The Bertz CT molecular complexity index is 694. The number of nitrogens with one attached hydrogen (secondary N) is 1. The fourth-order valence-corrected chi connectivity index (χ4v) is 2.87. The van der Waals surface area contributed by atoms with Gasteiger partial charge in [-0.05, 0) is 36.6 Å². The zero-order valence-electron chi connectivity index (χ0n) is 13.4. The molecule has 2 N–H and O–H groups in total. The van der Waals surface area contributed by atoms with Crippen LogP contribution in [0.4, 0.5) is 0 Å². The number of hydrogen-bond donors (Lipinski definition) is 2. The van der Waals surface area contributed by atoms with Crippen molar-refractivity contribution in [3.05, 3.63) is 57.8 Å². The van der Waals surface area contributed by atoms with Crippen LogP contribution in [0, 0.1) is 0 Å². The third-order valence-electron chi connectivity index (χ3n) is 3.42. The molecule has 0 aliphatic carbocycles. The smallest absolute Gasteiger partial charge is 0.253 e. The third kappa shape index (κ3) is 4.18. The second-order valence-electron chi connectivity index (χ2n) is 5.71. The molecule has 6 heteroatoms. The van der Waals surface area contributed by atoms with Gasteiger partial charge in [0.2, 0.25) is 0 Å². The summed E-state index contributed by atoms with van der Waals surface area (Å²) in [5, 5.41) is 15.0. The highest BCUT2D eigenvalue weighted by atomic mass is 32.1. The van der Waals surface area contributed by atoms with E-state index >= 15 is 0 Å². The van der Waals surface area contributed by atoms with Gasteiger partial charge in [-0.15, -0.1) is 11.3 Å². The van der Waals surface area contributed by atoms with Crippen LogP contribution in [0.3, 0.4) is 0 Å². The lowest BCUT2D eigenvalue weighted by Crippen LogP contribution is -2.38. The van der Waals surface area contributed by atoms with Gasteiger partial charge >= 0.3 is 0 Å². The van der Waals surface area contributed by atoms with Crippen LogP contribution in [0.2, 0.25) is 0 Å². The second kappa shape index (κ2) is 6.93. The van der Waals surface area contributed by atoms with Crippen molar-refractivity contribution < 1.29 is 14.7 Å². The molecular weight excluding hydrogens is 312 g/mol. The minimum absolute atomic E-state index is 0.0954. The third-order valence-corrected chi connectivity index (χ3v) is 4.55. The number of benzene rings is 1. The Morgan fingerprint density at radius 2 is 1.91 bits per heavy atom. The standard InChI is InChI=1S/C17H20N2O3S/c1-17(22,14-8-5-9-23-14)11-18-15(20)12-6-4-7-13(10-12)16(21)19(2)3/h4-10,22H,11H2,1-3H3,(H,18,20). The molecule has 1 aromatic carbocycles. The van der Waals surface area contributed by atoms with Gasteiger partial charge in [0.25, 0.3) is 11.8 Å². The first-order valence-electron chi connectivity index (χ1n) is 7.17. The van der Waals surface area contributed by atoms with Gasteiger partial charge in [-0.25, -0.2) is 0 Å². The van der Waals surface area contributed by atoms with E-state index in [1.54, 1.807) is 45.3 Å². The molecular formula is C17H20N2O3S. The Hall–Kier alpha value is -2.18. The van der Waals surface area contributed by atoms with Crippen LogP contribution in [0.25, 0.3) is 0 Å². The Labute approximate surface area is 139 Å². The summed E-state index contributed by atoms with van der Waals surface area (Å²) in [6, 6.07) is 10.2. The largest absolute Gasteiger partial charge is 0.383 e. The number of rotatable bonds is 5. The summed E-state index contributed by atoms with van der Waals surface area (Å²) < 4.78 is 0. The van der Waals surface area contributed by atoms with E-state index in [1.165, 1.54) is 16.2 Å². The first-order chi connectivity index (χ1) is 10.8. The lowest BCUT2D eigenvalue weighted by molar-refractivity contribution is 0.0556. The highest BCUT2D eigenvalue weighted by molar-refractivity contribution is 7.10. The van der Waals surface area contributed by atoms with E-state index in [-0.39, 0.29) is 18.4 Å². The fourth-order valence-electron chi connectivity index (χ4n) is 2.08. The van der Waals surface area contributed by atoms with Crippen LogP contribution in [-0.2, 0) is 5.60 Å². The maximum atomic E-state index is 12.3. The van der Waals surface area contributed by atoms with E-state index in [2.05, 4.69) is 5.32 Å². The summed E-state index contributed by atoms with van der Waals surface area (Å²) in [6.45, 7) is 1.75. The Morgan fingerprint density at radius 3 is 2.52 bits per heavy atom. The molecule has 0 saturated carbocycles. The van der Waals surface area contributed by atoms with Gasteiger partial charge in [0.15, 0.2) is 0 Å². The number of hydrogen-bond acceptors (Lipinski definition) is 4. The number of nitrogens with zero attached hydrogens (tertiary/aromatic N) is 1. The number of carbonyl (C=O) groups excluding carboxylic acids is 2. The first kappa shape index (κ1) is 17.2. The summed E-state index contributed by atoms with van der Waals surface area (Å²) in [5.74, 6) is -0.486. The molecule has 1 unspecified atom stereocenters. The van der Waals surface area contributed by atoms with Gasteiger partial charge < -0.3 is 15.3 Å². The normalized spacial score (nSPS) is 13.2. The van der Waals surface area contributed by atoms with E-state index in [0.717, 1.165) is 4.88 Å². The van der Waals surface area contributed by atoms with E-state index in [4.69, 9.17) is 0 Å². The zero-order valence-corrected chi connectivity index (χ0v) is 14.2. The van der Waals surface area contributed by atoms with Crippen LogP contribution < -0.4 is 5.32 Å². The van der Waals surface area contributed by atoms with Crippen molar-refractivity contribution in [3.63, 3.8) is 0 Å². The quantitative estimate of drug-likeness (QED) is 0.881. The monoisotopic (exact) mass is 332 g/mol. The van der Waals surface area contributed by atoms with Gasteiger partial charge in [-0.1, -0.05) is 12.1 Å². The molecule has 0 radical (unpaired) electrons. The van der Waals surface area contributed by atoms with Crippen LogP contribution in [0.5, 0.6) is 0 Å². The zero-order chi connectivity index (χ0) is 17.0. The number of carbonyl (C=O) groups is 2. The van der Waals surface area contributed by atoms with Crippen LogP contribution >= 0.6 is 11.3 Å². The van der Waals surface area contributed by atoms with Crippen LogP contribution in [0.15, 0.2) is 41.8 Å². The van der Waals surface area contributed by atoms with Gasteiger partial charge in [0.05, 0.1) is 6.54 Å². The summed E-state index contributed by atoms with van der Waals surface area (Å²) >= 11 is 1.44. The number of amides is 2. The Kier molecular flexibility index (Phi) is 5.18. The Morgan fingerprint density at radius 1 is 1.22 bits per heavy atom. The van der Waals surface area contributed by atoms with Crippen LogP contribution in [-0.4, -0.2) is 42.5 Å². The van der Waals surface area contributed by atoms with Gasteiger partial charge in [0, 0.05) is 30.1 Å². The molecule has 122 valence electrons. The minimum Gasteiger partial charge on any atom is -0.383 e. The molecule has 2 aromatic rings. The molecule has 0 saturated heterocycles. The molecule has 1 heterocycles.